The Morgan fingerprint density at radius 1 is 1.33 bits per heavy atom. The Morgan fingerprint density at radius 2 is 2.14 bits per heavy atom. The number of carbonyl (C=O) groups is 1. The summed E-state index contributed by atoms with van der Waals surface area (Å²) < 4.78 is 5.13. The molecule has 0 saturated carbocycles. The van der Waals surface area contributed by atoms with Crippen LogP contribution in [0.25, 0.3) is 0 Å². The summed E-state index contributed by atoms with van der Waals surface area (Å²) in [6.45, 7) is 5.16. The van der Waals surface area contributed by atoms with E-state index in [2.05, 4.69) is 29.2 Å². The predicted molar refractivity (Wildman–Crippen MR) is 84.5 cm³/mol. The molecule has 0 unspecified atom stereocenters. The number of rotatable bonds is 4. The van der Waals surface area contributed by atoms with Gasteiger partial charge in [0.05, 0.1) is 12.2 Å². The average Bonchev–Trinajstić information content (AvgIpc) is 2.92. The van der Waals surface area contributed by atoms with Gasteiger partial charge in [-0.1, -0.05) is 30.3 Å². The van der Waals surface area contributed by atoms with Crippen molar-refractivity contribution in [3.63, 3.8) is 0 Å². The molecule has 3 rings (SSSR count). The van der Waals surface area contributed by atoms with E-state index in [1.54, 1.807) is 11.3 Å². The van der Waals surface area contributed by atoms with Crippen LogP contribution >= 0.6 is 11.3 Å². The molecular weight excluding hydrogens is 282 g/mol. The molecule has 110 valence electrons. The highest BCUT2D eigenvalue weighted by molar-refractivity contribution is 7.10. The normalized spacial score (nSPS) is 14.7. The fourth-order valence-electron chi connectivity index (χ4n) is 2.74. The number of nitrogens with zero attached hydrogens (tertiary/aromatic N) is 1. The van der Waals surface area contributed by atoms with Gasteiger partial charge in [0.15, 0.2) is 0 Å². The monoisotopic (exact) mass is 301 g/mol. The van der Waals surface area contributed by atoms with Crippen molar-refractivity contribution < 1.29 is 9.53 Å². The third-order valence-electron chi connectivity index (χ3n) is 3.77. The molecule has 1 aliphatic rings. The zero-order valence-electron chi connectivity index (χ0n) is 12.2. The first-order valence-electron chi connectivity index (χ1n) is 7.30. The van der Waals surface area contributed by atoms with Gasteiger partial charge in [0.1, 0.15) is 0 Å². The van der Waals surface area contributed by atoms with Crippen molar-refractivity contribution in [3.05, 3.63) is 57.3 Å². The minimum Gasteiger partial charge on any atom is -0.462 e. The van der Waals surface area contributed by atoms with E-state index in [1.165, 1.54) is 16.0 Å². The van der Waals surface area contributed by atoms with Crippen LogP contribution in [0.3, 0.4) is 0 Å². The average molecular weight is 301 g/mol. The van der Waals surface area contributed by atoms with Crippen molar-refractivity contribution in [2.24, 2.45) is 0 Å². The van der Waals surface area contributed by atoms with Crippen LogP contribution in [0, 0.1) is 0 Å². The summed E-state index contributed by atoms with van der Waals surface area (Å²) in [6.07, 6.45) is 0.930. The number of hydrogen-bond donors (Lipinski definition) is 0. The van der Waals surface area contributed by atoms with Crippen LogP contribution in [0.2, 0.25) is 0 Å². The quantitative estimate of drug-likeness (QED) is 0.810. The first kappa shape index (κ1) is 14.3. The maximum absolute atomic E-state index is 11.9. The lowest BCUT2D eigenvalue weighted by atomic mass is 10.0. The summed E-state index contributed by atoms with van der Waals surface area (Å²) in [5, 5.41) is 1.95. The van der Waals surface area contributed by atoms with Gasteiger partial charge in [0.2, 0.25) is 0 Å². The summed E-state index contributed by atoms with van der Waals surface area (Å²) in [7, 11) is 0. The molecule has 1 aliphatic heterocycles. The van der Waals surface area contributed by atoms with Crippen molar-refractivity contribution >= 4 is 17.3 Å². The SMILES string of the molecule is CCOC(=O)c1csc2c1CCN(Cc1ccccc1)C2. The zero-order chi connectivity index (χ0) is 14.7. The lowest BCUT2D eigenvalue weighted by Crippen LogP contribution is -2.29. The molecule has 2 heterocycles. The molecule has 21 heavy (non-hydrogen) atoms. The largest absolute Gasteiger partial charge is 0.462 e. The van der Waals surface area contributed by atoms with Gasteiger partial charge < -0.3 is 4.74 Å². The van der Waals surface area contributed by atoms with E-state index in [0.717, 1.165) is 31.6 Å². The fraction of sp³-hybridized carbons (Fsp3) is 0.353. The molecule has 0 saturated heterocycles. The number of fused-ring (bicyclic) bond motifs is 1. The van der Waals surface area contributed by atoms with Crippen LogP contribution < -0.4 is 0 Å². The molecule has 0 amide bonds. The Morgan fingerprint density at radius 3 is 2.90 bits per heavy atom. The van der Waals surface area contributed by atoms with Gasteiger partial charge in [0, 0.05) is 29.9 Å². The van der Waals surface area contributed by atoms with Gasteiger partial charge in [0.25, 0.3) is 0 Å². The molecule has 0 bridgehead atoms. The molecule has 0 radical (unpaired) electrons. The van der Waals surface area contributed by atoms with E-state index in [0.29, 0.717) is 6.61 Å². The minimum absolute atomic E-state index is 0.175. The first-order chi connectivity index (χ1) is 10.3. The summed E-state index contributed by atoms with van der Waals surface area (Å²) in [5.41, 5.74) is 3.31. The van der Waals surface area contributed by atoms with Crippen LogP contribution in [-0.4, -0.2) is 24.0 Å². The van der Waals surface area contributed by atoms with E-state index in [1.807, 2.05) is 18.4 Å². The molecule has 0 aliphatic carbocycles. The number of ether oxygens (including phenoxy) is 1. The van der Waals surface area contributed by atoms with Crippen LogP contribution in [0.5, 0.6) is 0 Å². The summed E-state index contributed by atoms with van der Waals surface area (Å²) in [6, 6.07) is 10.5. The third kappa shape index (κ3) is 3.17. The number of esters is 1. The maximum atomic E-state index is 11.9. The number of hydrogen-bond acceptors (Lipinski definition) is 4. The van der Waals surface area contributed by atoms with Crippen molar-refractivity contribution in [2.75, 3.05) is 13.2 Å². The lowest BCUT2D eigenvalue weighted by Gasteiger charge is -2.27. The van der Waals surface area contributed by atoms with Crippen LogP contribution in [0.15, 0.2) is 35.7 Å². The molecule has 0 spiro atoms. The Hall–Kier alpha value is -1.65. The molecule has 1 aromatic heterocycles. The second-order valence-corrected chi connectivity index (χ2v) is 6.18. The van der Waals surface area contributed by atoms with Crippen molar-refractivity contribution in [1.82, 2.24) is 4.90 Å². The van der Waals surface area contributed by atoms with Crippen molar-refractivity contribution in [1.29, 1.82) is 0 Å². The molecule has 0 atom stereocenters. The molecular formula is C17H19NO2S. The molecule has 0 fully saturated rings. The van der Waals surface area contributed by atoms with Crippen LogP contribution in [0.4, 0.5) is 0 Å². The van der Waals surface area contributed by atoms with E-state index >= 15 is 0 Å². The van der Waals surface area contributed by atoms with Crippen LogP contribution in [0.1, 0.15) is 33.3 Å². The summed E-state index contributed by atoms with van der Waals surface area (Å²) in [5.74, 6) is -0.175. The zero-order valence-corrected chi connectivity index (χ0v) is 13.0. The Labute approximate surface area is 129 Å². The number of thiophene rings is 1. The number of carbonyl (C=O) groups excluding carboxylic acids is 1. The first-order valence-corrected chi connectivity index (χ1v) is 8.18. The minimum atomic E-state index is -0.175. The summed E-state index contributed by atoms with van der Waals surface area (Å²) in [4.78, 5) is 15.7. The van der Waals surface area contributed by atoms with E-state index in [-0.39, 0.29) is 5.97 Å². The molecule has 3 nitrogen and oxygen atoms in total. The van der Waals surface area contributed by atoms with E-state index in [4.69, 9.17) is 4.74 Å². The molecule has 2 aromatic rings. The second kappa shape index (κ2) is 6.41. The van der Waals surface area contributed by atoms with Gasteiger partial charge in [-0.2, -0.15) is 0 Å². The Kier molecular flexibility index (Phi) is 4.36. The van der Waals surface area contributed by atoms with E-state index in [9.17, 15) is 4.79 Å². The Bertz CT molecular complexity index is 621. The van der Waals surface area contributed by atoms with Gasteiger partial charge in [-0.15, -0.1) is 11.3 Å². The maximum Gasteiger partial charge on any atom is 0.339 e. The molecule has 1 aromatic carbocycles. The third-order valence-corrected chi connectivity index (χ3v) is 4.78. The summed E-state index contributed by atoms with van der Waals surface area (Å²) >= 11 is 1.68. The van der Waals surface area contributed by atoms with Gasteiger partial charge in [-0.05, 0) is 24.5 Å². The van der Waals surface area contributed by atoms with Crippen LogP contribution in [-0.2, 0) is 24.2 Å². The standard InChI is InChI=1S/C17H19NO2S/c1-2-20-17(19)15-12-21-16-11-18(9-8-14(15)16)10-13-6-4-3-5-7-13/h3-7,12H,2,8-11H2,1H3. The highest BCUT2D eigenvalue weighted by atomic mass is 32.1. The fourth-order valence-corrected chi connectivity index (χ4v) is 3.85. The smallest absolute Gasteiger partial charge is 0.339 e. The topological polar surface area (TPSA) is 29.5 Å². The van der Waals surface area contributed by atoms with Gasteiger partial charge >= 0.3 is 5.97 Å². The molecule has 0 N–H and O–H groups in total. The molecule has 4 heteroatoms. The van der Waals surface area contributed by atoms with E-state index < -0.39 is 0 Å². The Balaban J connectivity index is 1.71. The predicted octanol–water partition coefficient (Wildman–Crippen LogP) is 3.48. The second-order valence-electron chi connectivity index (χ2n) is 5.22. The highest BCUT2D eigenvalue weighted by Gasteiger charge is 2.24. The van der Waals surface area contributed by atoms with Crippen molar-refractivity contribution in [3.8, 4) is 0 Å². The lowest BCUT2D eigenvalue weighted by molar-refractivity contribution is 0.0525. The van der Waals surface area contributed by atoms with Gasteiger partial charge in [-0.25, -0.2) is 4.79 Å². The van der Waals surface area contributed by atoms with Gasteiger partial charge in [-0.3, -0.25) is 4.90 Å². The highest BCUT2D eigenvalue weighted by Crippen LogP contribution is 2.29. The number of benzene rings is 1. The van der Waals surface area contributed by atoms with Crippen molar-refractivity contribution in [2.45, 2.75) is 26.4 Å².